The smallest absolute Gasteiger partial charge is 0.191 e. The van der Waals surface area contributed by atoms with Crippen LogP contribution in [-0.2, 0) is 6.54 Å². The predicted molar refractivity (Wildman–Crippen MR) is 112 cm³/mol. The maximum Gasteiger partial charge on any atom is 0.191 e. The molecular formula is C22H36N4O. The second kappa shape index (κ2) is 10.5. The zero-order valence-corrected chi connectivity index (χ0v) is 17.0. The third kappa shape index (κ3) is 6.13. The van der Waals surface area contributed by atoms with Crippen LogP contribution in [-0.4, -0.2) is 49.7 Å². The third-order valence-corrected chi connectivity index (χ3v) is 5.71. The molecule has 2 fully saturated rings. The molecular weight excluding hydrogens is 336 g/mol. The number of likely N-dealkylation sites (tertiary alicyclic amines) is 1. The minimum Gasteiger partial charge on any atom is -0.490 e. The van der Waals surface area contributed by atoms with Crippen LogP contribution in [0.3, 0.4) is 0 Å². The van der Waals surface area contributed by atoms with E-state index in [2.05, 4.69) is 51.7 Å². The summed E-state index contributed by atoms with van der Waals surface area (Å²) in [5, 5.41) is 7.08. The van der Waals surface area contributed by atoms with Crippen LogP contribution in [0.5, 0.6) is 5.75 Å². The lowest BCUT2D eigenvalue weighted by Crippen LogP contribution is -2.48. The second-order valence-electron chi connectivity index (χ2n) is 7.82. The summed E-state index contributed by atoms with van der Waals surface area (Å²) in [5.41, 5.74) is 1.20. The fraction of sp³-hybridized carbons (Fsp3) is 0.682. The van der Waals surface area contributed by atoms with Crippen LogP contribution in [0.25, 0.3) is 0 Å². The highest BCUT2D eigenvalue weighted by atomic mass is 16.5. The molecule has 1 saturated carbocycles. The van der Waals surface area contributed by atoms with Crippen molar-refractivity contribution >= 4 is 5.96 Å². The average Bonchev–Trinajstić information content (AvgIpc) is 3.21. The lowest BCUT2D eigenvalue weighted by Gasteiger charge is -2.32. The summed E-state index contributed by atoms with van der Waals surface area (Å²) in [6.07, 6.45) is 8.94. The summed E-state index contributed by atoms with van der Waals surface area (Å²) in [5.74, 6) is 1.90. The number of ether oxygens (including phenoxy) is 1. The fourth-order valence-electron chi connectivity index (χ4n) is 4.13. The number of rotatable bonds is 7. The molecule has 2 N–H and O–H groups in total. The van der Waals surface area contributed by atoms with E-state index < -0.39 is 0 Å². The Morgan fingerprint density at radius 1 is 1.15 bits per heavy atom. The molecule has 1 aliphatic carbocycles. The number of benzene rings is 1. The van der Waals surface area contributed by atoms with Crippen molar-refractivity contribution < 1.29 is 4.74 Å². The Labute approximate surface area is 164 Å². The standard InChI is InChI=1S/C22H36N4O/c1-3-14-26-15-12-19(13-16-26)25-22(23-2)24-17-18-8-4-7-11-21(18)27-20-9-5-6-10-20/h4,7-8,11,19-20H,3,5-6,9-10,12-17H2,1-2H3,(H2,23,24,25). The molecule has 0 radical (unpaired) electrons. The van der Waals surface area contributed by atoms with Gasteiger partial charge in [-0.15, -0.1) is 0 Å². The van der Waals surface area contributed by atoms with E-state index in [4.69, 9.17) is 4.74 Å². The van der Waals surface area contributed by atoms with E-state index >= 15 is 0 Å². The Hall–Kier alpha value is -1.75. The molecule has 0 amide bonds. The minimum atomic E-state index is 0.386. The molecule has 5 heteroatoms. The number of hydrogen-bond donors (Lipinski definition) is 2. The summed E-state index contributed by atoms with van der Waals surface area (Å²) in [6, 6.07) is 8.89. The number of piperidine rings is 1. The average molecular weight is 373 g/mol. The van der Waals surface area contributed by atoms with E-state index in [1.807, 2.05) is 7.05 Å². The first-order valence-corrected chi connectivity index (χ1v) is 10.7. The quantitative estimate of drug-likeness (QED) is 0.568. The number of guanidine groups is 1. The number of nitrogens with one attached hydrogen (secondary N) is 2. The Balaban J connectivity index is 1.48. The highest BCUT2D eigenvalue weighted by Crippen LogP contribution is 2.26. The summed E-state index contributed by atoms with van der Waals surface area (Å²) in [6.45, 7) is 6.57. The normalized spacial score (nSPS) is 20.0. The summed E-state index contributed by atoms with van der Waals surface area (Å²) in [7, 11) is 1.85. The van der Waals surface area contributed by atoms with Gasteiger partial charge in [0.2, 0.25) is 0 Å². The van der Waals surface area contributed by atoms with Crippen molar-refractivity contribution in [1.29, 1.82) is 0 Å². The molecule has 0 unspecified atom stereocenters. The molecule has 150 valence electrons. The maximum absolute atomic E-state index is 6.25. The second-order valence-corrected chi connectivity index (χ2v) is 7.82. The number of hydrogen-bond acceptors (Lipinski definition) is 3. The Kier molecular flexibility index (Phi) is 7.81. The van der Waals surface area contributed by atoms with Crippen LogP contribution in [0.4, 0.5) is 0 Å². The van der Waals surface area contributed by atoms with Gasteiger partial charge in [0, 0.05) is 38.3 Å². The van der Waals surface area contributed by atoms with Crippen molar-refractivity contribution in [2.24, 2.45) is 4.99 Å². The van der Waals surface area contributed by atoms with E-state index in [0.717, 1.165) is 18.3 Å². The molecule has 0 spiro atoms. The van der Waals surface area contributed by atoms with Crippen molar-refractivity contribution in [3.05, 3.63) is 29.8 Å². The van der Waals surface area contributed by atoms with E-state index in [9.17, 15) is 0 Å². The van der Waals surface area contributed by atoms with Gasteiger partial charge in [-0.2, -0.15) is 0 Å². The zero-order chi connectivity index (χ0) is 18.9. The Morgan fingerprint density at radius 2 is 1.89 bits per heavy atom. The minimum absolute atomic E-state index is 0.386. The van der Waals surface area contributed by atoms with Gasteiger partial charge in [-0.25, -0.2) is 0 Å². The molecule has 3 rings (SSSR count). The fourth-order valence-corrected chi connectivity index (χ4v) is 4.13. The van der Waals surface area contributed by atoms with Crippen LogP contribution in [0, 0.1) is 0 Å². The molecule has 0 aromatic heterocycles. The van der Waals surface area contributed by atoms with Crippen molar-refractivity contribution in [1.82, 2.24) is 15.5 Å². The molecule has 1 aromatic rings. The molecule has 1 aromatic carbocycles. The van der Waals surface area contributed by atoms with Crippen LogP contribution < -0.4 is 15.4 Å². The van der Waals surface area contributed by atoms with Crippen molar-refractivity contribution in [3.8, 4) is 5.75 Å². The van der Waals surface area contributed by atoms with Crippen molar-refractivity contribution in [3.63, 3.8) is 0 Å². The molecule has 2 aliphatic rings. The lowest BCUT2D eigenvalue weighted by atomic mass is 10.1. The van der Waals surface area contributed by atoms with Gasteiger partial charge in [-0.1, -0.05) is 25.1 Å². The lowest BCUT2D eigenvalue weighted by molar-refractivity contribution is 0.206. The number of para-hydroxylation sites is 1. The highest BCUT2D eigenvalue weighted by Gasteiger charge is 2.20. The van der Waals surface area contributed by atoms with Gasteiger partial charge in [0.05, 0.1) is 6.10 Å². The summed E-state index contributed by atoms with van der Waals surface area (Å²) >= 11 is 0. The van der Waals surface area contributed by atoms with Gasteiger partial charge in [-0.05, 0) is 57.6 Å². The van der Waals surface area contributed by atoms with Crippen molar-refractivity contribution in [2.75, 3.05) is 26.7 Å². The topological polar surface area (TPSA) is 48.9 Å². The zero-order valence-electron chi connectivity index (χ0n) is 17.0. The largest absolute Gasteiger partial charge is 0.490 e. The molecule has 0 atom stereocenters. The van der Waals surface area contributed by atoms with Gasteiger partial charge >= 0.3 is 0 Å². The first-order chi connectivity index (χ1) is 13.3. The van der Waals surface area contributed by atoms with Crippen LogP contribution >= 0.6 is 0 Å². The van der Waals surface area contributed by atoms with Gasteiger partial charge in [-0.3, -0.25) is 4.99 Å². The molecule has 0 bridgehead atoms. The van der Waals surface area contributed by atoms with E-state index in [0.29, 0.717) is 12.1 Å². The van der Waals surface area contributed by atoms with Gasteiger partial charge in [0.25, 0.3) is 0 Å². The monoisotopic (exact) mass is 372 g/mol. The van der Waals surface area contributed by atoms with E-state index in [-0.39, 0.29) is 0 Å². The molecule has 1 heterocycles. The molecule has 1 saturated heterocycles. The summed E-state index contributed by atoms with van der Waals surface area (Å²) < 4.78 is 6.25. The number of aliphatic imine (C=N–C) groups is 1. The molecule has 5 nitrogen and oxygen atoms in total. The summed E-state index contributed by atoms with van der Waals surface area (Å²) in [4.78, 5) is 6.99. The van der Waals surface area contributed by atoms with E-state index in [1.165, 1.54) is 70.1 Å². The Morgan fingerprint density at radius 3 is 2.59 bits per heavy atom. The van der Waals surface area contributed by atoms with Crippen LogP contribution in [0.1, 0.15) is 57.4 Å². The number of nitrogens with zero attached hydrogens (tertiary/aromatic N) is 2. The van der Waals surface area contributed by atoms with E-state index in [1.54, 1.807) is 0 Å². The van der Waals surface area contributed by atoms with Gasteiger partial charge in [0.1, 0.15) is 5.75 Å². The van der Waals surface area contributed by atoms with Crippen LogP contribution in [0.15, 0.2) is 29.3 Å². The van der Waals surface area contributed by atoms with Crippen molar-refractivity contribution in [2.45, 2.75) is 70.6 Å². The maximum atomic E-state index is 6.25. The molecule has 27 heavy (non-hydrogen) atoms. The highest BCUT2D eigenvalue weighted by molar-refractivity contribution is 5.80. The molecule has 1 aliphatic heterocycles. The third-order valence-electron chi connectivity index (χ3n) is 5.71. The first-order valence-electron chi connectivity index (χ1n) is 10.7. The predicted octanol–water partition coefficient (Wildman–Crippen LogP) is 3.55. The SMILES string of the molecule is CCCN1CCC(NC(=NC)NCc2ccccc2OC2CCCC2)CC1. The van der Waals surface area contributed by atoms with Gasteiger partial charge < -0.3 is 20.3 Å². The van der Waals surface area contributed by atoms with Crippen LogP contribution in [0.2, 0.25) is 0 Å². The van der Waals surface area contributed by atoms with Gasteiger partial charge in [0.15, 0.2) is 5.96 Å². The Bertz CT molecular complexity index is 590. The first kappa shape index (κ1) is 20.0.